The zero-order valence-corrected chi connectivity index (χ0v) is 12.2. The quantitative estimate of drug-likeness (QED) is 0.865. The Kier molecular flexibility index (Phi) is 3.49. The zero-order chi connectivity index (χ0) is 15.0. The molecule has 0 saturated heterocycles. The summed E-state index contributed by atoms with van der Waals surface area (Å²) in [5.41, 5.74) is 1.36. The van der Waals surface area contributed by atoms with Crippen LogP contribution in [-0.2, 0) is 0 Å². The number of hydrogen-bond acceptors (Lipinski definition) is 2. The number of amides is 1. The molecule has 3 rings (SSSR count). The first-order chi connectivity index (χ1) is 10.1. The normalized spacial score (nSPS) is 14.2. The summed E-state index contributed by atoms with van der Waals surface area (Å²) in [6.45, 7) is 3.95. The highest BCUT2D eigenvalue weighted by Crippen LogP contribution is 2.34. The average molecular weight is 287 g/mol. The second-order valence-corrected chi connectivity index (χ2v) is 5.40. The van der Waals surface area contributed by atoms with E-state index in [0.29, 0.717) is 29.4 Å². The minimum absolute atomic E-state index is 0.214. The minimum atomic E-state index is -0.345. The van der Waals surface area contributed by atoms with Crippen molar-refractivity contribution >= 4 is 11.6 Å². The Balaban J connectivity index is 1.90. The van der Waals surface area contributed by atoms with Gasteiger partial charge in [0.15, 0.2) is 0 Å². The van der Waals surface area contributed by atoms with Gasteiger partial charge in [-0.15, -0.1) is 0 Å². The summed E-state index contributed by atoms with van der Waals surface area (Å²) < 4.78 is 16.1. The summed E-state index contributed by atoms with van der Waals surface area (Å²) in [4.78, 5) is 14.1. The van der Waals surface area contributed by atoms with Gasteiger partial charge in [0.05, 0.1) is 23.5 Å². The highest BCUT2D eigenvalue weighted by molar-refractivity contribution is 6.05. The van der Waals surface area contributed by atoms with Crippen LogP contribution in [0.3, 0.4) is 0 Å². The van der Waals surface area contributed by atoms with Crippen LogP contribution in [0, 0.1) is 12.7 Å². The first-order valence-corrected chi connectivity index (χ1v) is 7.23. The van der Waals surface area contributed by atoms with Crippen LogP contribution in [0.2, 0.25) is 0 Å². The van der Waals surface area contributed by atoms with Crippen molar-refractivity contribution in [3.8, 4) is 0 Å². The molecule has 1 amide bonds. The molecule has 2 aromatic rings. The predicted molar refractivity (Wildman–Crippen MR) is 79.0 cm³/mol. The monoisotopic (exact) mass is 287 g/mol. The summed E-state index contributed by atoms with van der Waals surface area (Å²) in [6.07, 6.45) is 5.55. The molecule has 21 heavy (non-hydrogen) atoms. The number of hydrogen-bond donors (Lipinski definition) is 0. The molecule has 5 heteroatoms. The Bertz CT molecular complexity index is 676. The van der Waals surface area contributed by atoms with Gasteiger partial charge >= 0.3 is 0 Å². The zero-order valence-electron chi connectivity index (χ0n) is 12.2. The molecule has 1 fully saturated rings. The first kappa shape index (κ1) is 13.8. The van der Waals surface area contributed by atoms with E-state index in [9.17, 15) is 9.18 Å². The number of rotatable bonds is 4. The van der Waals surface area contributed by atoms with E-state index in [-0.39, 0.29) is 11.7 Å². The fourth-order valence-electron chi connectivity index (χ4n) is 2.41. The van der Waals surface area contributed by atoms with Crippen LogP contribution in [-0.4, -0.2) is 22.2 Å². The fraction of sp³-hybridized carbons (Fsp3) is 0.375. The van der Waals surface area contributed by atoms with Gasteiger partial charge in [-0.25, -0.2) is 4.39 Å². The molecule has 1 heterocycles. The van der Waals surface area contributed by atoms with Crippen LogP contribution in [0.15, 0.2) is 30.6 Å². The van der Waals surface area contributed by atoms with Crippen molar-refractivity contribution < 1.29 is 9.18 Å². The van der Waals surface area contributed by atoms with Crippen molar-refractivity contribution in [2.75, 3.05) is 11.4 Å². The Morgan fingerprint density at radius 3 is 2.90 bits per heavy atom. The van der Waals surface area contributed by atoms with E-state index >= 15 is 0 Å². The maximum absolute atomic E-state index is 14.2. The lowest BCUT2D eigenvalue weighted by atomic mass is 10.1. The Morgan fingerprint density at radius 2 is 2.24 bits per heavy atom. The maximum atomic E-state index is 14.2. The number of aryl methyl sites for hydroxylation is 1. The molecule has 0 aliphatic heterocycles. The molecule has 0 radical (unpaired) electrons. The summed E-state index contributed by atoms with van der Waals surface area (Å²) in [7, 11) is 0. The number of halogens is 1. The molecule has 1 aliphatic rings. The van der Waals surface area contributed by atoms with E-state index in [1.54, 1.807) is 37.5 Å². The molecule has 1 aliphatic carbocycles. The SMILES string of the molecule is CCN(C(=O)c1cnn(C2CC2)c1)c1cccc(C)c1F. The lowest BCUT2D eigenvalue weighted by molar-refractivity contribution is 0.0987. The van der Waals surface area contributed by atoms with E-state index in [2.05, 4.69) is 5.10 Å². The van der Waals surface area contributed by atoms with Crippen LogP contribution in [0.4, 0.5) is 10.1 Å². The van der Waals surface area contributed by atoms with E-state index in [1.165, 1.54) is 4.90 Å². The second kappa shape index (κ2) is 5.31. The smallest absolute Gasteiger partial charge is 0.261 e. The van der Waals surface area contributed by atoms with Crippen LogP contribution >= 0.6 is 0 Å². The van der Waals surface area contributed by atoms with Gasteiger partial charge in [-0.3, -0.25) is 9.48 Å². The van der Waals surface area contributed by atoms with E-state index in [0.717, 1.165) is 12.8 Å². The van der Waals surface area contributed by atoms with Crippen molar-refractivity contribution in [3.63, 3.8) is 0 Å². The van der Waals surface area contributed by atoms with Crippen molar-refractivity contribution in [2.24, 2.45) is 0 Å². The average Bonchev–Trinajstić information content (AvgIpc) is 3.21. The number of aromatic nitrogens is 2. The Hall–Kier alpha value is -2.17. The van der Waals surface area contributed by atoms with Crippen LogP contribution in [0.5, 0.6) is 0 Å². The molecular weight excluding hydrogens is 269 g/mol. The van der Waals surface area contributed by atoms with Crippen molar-refractivity contribution in [1.29, 1.82) is 0 Å². The third-order valence-corrected chi connectivity index (χ3v) is 3.79. The van der Waals surface area contributed by atoms with Gasteiger partial charge in [-0.2, -0.15) is 5.10 Å². The molecule has 1 saturated carbocycles. The summed E-state index contributed by atoms with van der Waals surface area (Å²) in [6, 6.07) is 5.52. The fourth-order valence-corrected chi connectivity index (χ4v) is 2.41. The predicted octanol–water partition coefficient (Wildman–Crippen LogP) is 3.33. The summed E-state index contributed by atoms with van der Waals surface area (Å²) in [5, 5.41) is 4.23. The Labute approximate surface area is 123 Å². The van der Waals surface area contributed by atoms with E-state index in [4.69, 9.17) is 0 Å². The number of carbonyl (C=O) groups is 1. The molecule has 0 unspecified atom stereocenters. The lowest BCUT2D eigenvalue weighted by Crippen LogP contribution is -2.31. The number of carbonyl (C=O) groups excluding carboxylic acids is 1. The first-order valence-electron chi connectivity index (χ1n) is 7.23. The molecule has 4 nitrogen and oxygen atoms in total. The number of nitrogens with zero attached hydrogens (tertiary/aromatic N) is 3. The molecular formula is C16H18FN3O. The van der Waals surface area contributed by atoms with Crippen molar-refractivity contribution in [2.45, 2.75) is 32.7 Å². The van der Waals surface area contributed by atoms with Gasteiger partial charge in [0.1, 0.15) is 5.82 Å². The van der Waals surface area contributed by atoms with Gasteiger partial charge in [-0.1, -0.05) is 12.1 Å². The summed E-state index contributed by atoms with van der Waals surface area (Å²) >= 11 is 0. The molecule has 0 bridgehead atoms. The standard InChI is InChI=1S/C16H18FN3O/c1-3-19(14-6-4-5-11(2)15(14)17)16(21)12-9-18-20(10-12)13-7-8-13/h4-6,9-10,13H,3,7-8H2,1-2H3. The second-order valence-electron chi connectivity index (χ2n) is 5.40. The van der Waals surface area contributed by atoms with Crippen LogP contribution in [0.25, 0.3) is 0 Å². The topological polar surface area (TPSA) is 38.1 Å². The molecule has 110 valence electrons. The van der Waals surface area contributed by atoms with E-state index in [1.807, 2.05) is 11.6 Å². The van der Waals surface area contributed by atoms with Crippen molar-refractivity contribution in [1.82, 2.24) is 9.78 Å². The van der Waals surface area contributed by atoms with Gasteiger partial charge in [0.2, 0.25) is 0 Å². The van der Waals surface area contributed by atoms with E-state index < -0.39 is 0 Å². The van der Waals surface area contributed by atoms with Gasteiger partial charge < -0.3 is 4.90 Å². The lowest BCUT2D eigenvalue weighted by Gasteiger charge is -2.21. The molecule has 0 N–H and O–H groups in total. The Morgan fingerprint density at radius 1 is 1.48 bits per heavy atom. The van der Waals surface area contributed by atoms with Gasteiger partial charge in [0.25, 0.3) is 5.91 Å². The molecule has 1 aromatic heterocycles. The van der Waals surface area contributed by atoms with Crippen LogP contribution < -0.4 is 4.90 Å². The molecule has 1 aromatic carbocycles. The van der Waals surface area contributed by atoms with Gasteiger partial charge in [-0.05, 0) is 38.3 Å². The molecule has 0 atom stereocenters. The third-order valence-electron chi connectivity index (χ3n) is 3.79. The minimum Gasteiger partial charge on any atom is -0.306 e. The highest BCUT2D eigenvalue weighted by atomic mass is 19.1. The highest BCUT2D eigenvalue weighted by Gasteiger charge is 2.26. The molecule has 0 spiro atoms. The largest absolute Gasteiger partial charge is 0.306 e. The maximum Gasteiger partial charge on any atom is 0.261 e. The van der Waals surface area contributed by atoms with Crippen molar-refractivity contribution in [3.05, 3.63) is 47.5 Å². The van der Waals surface area contributed by atoms with Gasteiger partial charge in [0, 0.05) is 12.7 Å². The number of benzene rings is 1. The van der Waals surface area contributed by atoms with Crippen LogP contribution in [0.1, 0.15) is 41.7 Å². The summed E-state index contributed by atoms with van der Waals surface area (Å²) in [5.74, 6) is -0.559. The number of anilines is 1. The third kappa shape index (κ3) is 2.55.